The first kappa shape index (κ1) is 19.8. The molecule has 11 heteroatoms. The van der Waals surface area contributed by atoms with Crippen molar-refractivity contribution in [2.24, 2.45) is 0 Å². The first-order valence-electron chi connectivity index (χ1n) is 11.0. The molecule has 4 aromatic rings. The number of nitrogens with one attached hydrogen (secondary N) is 1. The third kappa shape index (κ3) is 3.23. The summed E-state index contributed by atoms with van der Waals surface area (Å²) in [5, 5.41) is 20.2. The number of H-pyrrole nitrogens is 1. The zero-order chi connectivity index (χ0) is 22.5. The maximum absolute atomic E-state index is 12.9. The van der Waals surface area contributed by atoms with Gasteiger partial charge in [0.2, 0.25) is 5.82 Å². The number of rotatable bonds is 4. The van der Waals surface area contributed by atoms with Crippen molar-refractivity contribution in [3.05, 3.63) is 54.1 Å². The summed E-state index contributed by atoms with van der Waals surface area (Å²) in [5.74, 6) is 0.928. The van der Waals surface area contributed by atoms with Crippen LogP contribution in [-0.4, -0.2) is 62.8 Å². The Balaban J connectivity index is 1.32. The van der Waals surface area contributed by atoms with E-state index in [2.05, 4.69) is 25.3 Å². The number of hydrogen-bond acceptors (Lipinski definition) is 8. The van der Waals surface area contributed by atoms with Gasteiger partial charge in [0.05, 0.1) is 18.5 Å². The molecule has 1 amide bonds. The number of aromatic nitrogens is 7. The van der Waals surface area contributed by atoms with Crippen LogP contribution in [-0.2, 0) is 6.61 Å². The fraction of sp³-hybridized carbons (Fsp3) is 0.364. The Hall–Kier alpha value is -3.86. The molecule has 0 spiro atoms. The molecule has 33 heavy (non-hydrogen) atoms. The monoisotopic (exact) mass is 445 g/mol. The molecule has 0 radical (unpaired) electrons. The summed E-state index contributed by atoms with van der Waals surface area (Å²) in [6.07, 6.45) is 8.41. The molecule has 0 aromatic carbocycles. The topological polar surface area (TPSA) is 151 Å². The number of pyridine rings is 1. The van der Waals surface area contributed by atoms with Crippen LogP contribution in [0.2, 0.25) is 0 Å². The summed E-state index contributed by atoms with van der Waals surface area (Å²) in [4.78, 5) is 28.2. The lowest BCUT2D eigenvalue weighted by molar-refractivity contribution is 0.0557. The molecule has 3 atom stereocenters. The van der Waals surface area contributed by atoms with E-state index in [9.17, 15) is 9.90 Å². The zero-order valence-corrected chi connectivity index (χ0v) is 17.8. The van der Waals surface area contributed by atoms with Crippen LogP contribution in [0.25, 0.3) is 16.8 Å². The van der Waals surface area contributed by atoms with Gasteiger partial charge in [0.25, 0.3) is 5.91 Å². The number of fused-ring (bicyclic) bond motifs is 3. The van der Waals surface area contributed by atoms with Crippen LogP contribution in [0.1, 0.15) is 53.6 Å². The molecule has 0 aliphatic carbocycles. The number of aliphatic hydroxyl groups is 1. The summed E-state index contributed by atoms with van der Waals surface area (Å²) in [6, 6.07) is 5.86. The number of hydrogen-bond donors (Lipinski definition) is 3. The maximum atomic E-state index is 12.9. The lowest BCUT2D eigenvalue weighted by atomic mass is 9.87. The first-order chi connectivity index (χ1) is 16.1. The van der Waals surface area contributed by atoms with Crippen molar-refractivity contribution >= 4 is 17.4 Å². The number of aromatic amines is 1. The second-order valence-corrected chi connectivity index (χ2v) is 8.70. The Kier molecular flexibility index (Phi) is 4.57. The first-order valence-corrected chi connectivity index (χ1v) is 11.0. The van der Waals surface area contributed by atoms with Gasteiger partial charge in [0.1, 0.15) is 12.1 Å². The van der Waals surface area contributed by atoms with E-state index in [0.29, 0.717) is 23.0 Å². The van der Waals surface area contributed by atoms with E-state index in [-0.39, 0.29) is 30.5 Å². The predicted molar refractivity (Wildman–Crippen MR) is 118 cm³/mol. The van der Waals surface area contributed by atoms with Gasteiger partial charge in [-0.15, -0.1) is 0 Å². The van der Waals surface area contributed by atoms with E-state index in [1.54, 1.807) is 23.0 Å². The van der Waals surface area contributed by atoms with E-state index in [1.165, 1.54) is 6.33 Å². The Labute approximate surface area is 188 Å². The van der Waals surface area contributed by atoms with Gasteiger partial charge >= 0.3 is 0 Å². The van der Waals surface area contributed by atoms with Gasteiger partial charge in [-0.2, -0.15) is 14.7 Å². The molecule has 2 aliphatic heterocycles. The minimum absolute atomic E-state index is 0.0849. The van der Waals surface area contributed by atoms with Crippen molar-refractivity contribution in [3.63, 3.8) is 0 Å². The average Bonchev–Trinajstić information content (AvgIpc) is 3.57. The Morgan fingerprint density at radius 1 is 1.18 bits per heavy atom. The van der Waals surface area contributed by atoms with Crippen molar-refractivity contribution in [1.29, 1.82) is 0 Å². The SMILES string of the molecule is Nc1cc(C2CC3CC[C@H](C2)N3C(=O)c2ncn[nH]2)nc2c(-c3ccc(CO)nc3)cnn12. The second-order valence-electron chi connectivity index (χ2n) is 8.70. The van der Waals surface area contributed by atoms with E-state index >= 15 is 0 Å². The predicted octanol–water partition coefficient (Wildman–Crippen LogP) is 1.53. The third-order valence-electron chi connectivity index (χ3n) is 6.82. The number of anilines is 1. The standard InChI is InChI=1S/C22H23N9O2/c23-19-7-18(28-21-17(9-27-31(19)21)12-1-2-14(10-32)24-8-12)13-5-15-3-4-16(6-13)30(15)22(33)20-25-11-26-29-20/h1-2,7-9,11,13,15-16,32H,3-6,10,23H2,(H,25,26,29)/t13?,15-,16?/m1/s1. The van der Waals surface area contributed by atoms with E-state index in [1.807, 2.05) is 17.0 Å². The van der Waals surface area contributed by atoms with Gasteiger partial charge in [-0.25, -0.2) is 9.97 Å². The van der Waals surface area contributed by atoms with Crippen LogP contribution < -0.4 is 5.73 Å². The molecule has 2 aliphatic rings. The fourth-order valence-electron chi connectivity index (χ4n) is 5.28. The largest absolute Gasteiger partial charge is 0.390 e. The minimum atomic E-state index is -0.107. The lowest BCUT2D eigenvalue weighted by Crippen LogP contribution is -2.46. The van der Waals surface area contributed by atoms with Gasteiger partial charge in [-0.05, 0) is 31.7 Å². The molecule has 11 nitrogen and oxygen atoms in total. The van der Waals surface area contributed by atoms with Crippen molar-refractivity contribution < 1.29 is 9.90 Å². The minimum Gasteiger partial charge on any atom is -0.390 e. The van der Waals surface area contributed by atoms with E-state index < -0.39 is 0 Å². The zero-order valence-electron chi connectivity index (χ0n) is 17.8. The number of carbonyl (C=O) groups is 1. The molecule has 168 valence electrons. The molecule has 4 N–H and O–H groups in total. The summed E-state index contributed by atoms with van der Waals surface area (Å²) in [6.45, 7) is -0.107. The molecule has 6 heterocycles. The molecule has 0 saturated carbocycles. The molecule has 6 rings (SSSR count). The van der Waals surface area contributed by atoms with Gasteiger partial charge in [-0.1, -0.05) is 6.07 Å². The summed E-state index contributed by atoms with van der Waals surface area (Å²) in [7, 11) is 0. The molecule has 2 bridgehead atoms. The number of amides is 1. The molecule has 2 unspecified atom stereocenters. The van der Waals surface area contributed by atoms with Gasteiger partial charge in [0, 0.05) is 47.1 Å². The molecular weight excluding hydrogens is 422 g/mol. The van der Waals surface area contributed by atoms with Gasteiger partial charge in [-0.3, -0.25) is 14.9 Å². The highest BCUT2D eigenvalue weighted by atomic mass is 16.3. The molecule has 2 fully saturated rings. The normalized spacial score (nSPS) is 22.2. The Morgan fingerprint density at radius 2 is 2.00 bits per heavy atom. The van der Waals surface area contributed by atoms with Crippen LogP contribution in [0.15, 0.2) is 36.9 Å². The van der Waals surface area contributed by atoms with Crippen molar-refractivity contribution in [2.75, 3.05) is 5.73 Å². The highest BCUT2D eigenvalue weighted by Crippen LogP contribution is 2.43. The summed E-state index contributed by atoms with van der Waals surface area (Å²) >= 11 is 0. The van der Waals surface area contributed by atoms with Crippen LogP contribution >= 0.6 is 0 Å². The van der Waals surface area contributed by atoms with Crippen LogP contribution in [0.3, 0.4) is 0 Å². The fourth-order valence-corrected chi connectivity index (χ4v) is 5.28. The van der Waals surface area contributed by atoms with E-state index in [0.717, 1.165) is 42.5 Å². The maximum Gasteiger partial charge on any atom is 0.291 e. The molecule has 4 aromatic heterocycles. The lowest BCUT2D eigenvalue weighted by Gasteiger charge is -2.38. The number of nitrogens with two attached hydrogens (primary N) is 1. The number of nitrogen functional groups attached to an aromatic ring is 1. The van der Waals surface area contributed by atoms with Crippen LogP contribution in [0.4, 0.5) is 5.82 Å². The van der Waals surface area contributed by atoms with E-state index in [4.69, 9.17) is 10.7 Å². The third-order valence-corrected chi connectivity index (χ3v) is 6.82. The van der Waals surface area contributed by atoms with Crippen molar-refractivity contribution in [3.8, 4) is 11.1 Å². The Bertz CT molecular complexity index is 1300. The second kappa shape index (κ2) is 7.62. The number of piperidine rings is 1. The van der Waals surface area contributed by atoms with Crippen LogP contribution in [0.5, 0.6) is 0 Å². The number of carbonyl (C=O) groups excluding carboxylic acids is 1. The molecule has 2 saturated heterocycles. The smallest absolute Gasteiger partial charge is 0.291 e. The summed E-state index contributed by atoms with van der Waals surface area (Å²) < 4.78 is 1.63. The summed E-state index contributed by atoms with van der Waals surface area (Å²) in [5.41, 5.74) is 10.2. The molecular formula is C22H23N9O2. The Morgan fingerprint density at radius 3 is 2.67 bits per heavy atom. The van der Waals surface area contributed by atoms with Crippen molar-refractivity contribution in [2.45, 2.75) is 50.3 Å². The van der Waals surface area contributed by atoms with Gasteiger partial charge < -0.3 is 15.7 Å². The highest BCUT2D eigenvalue weighted by Gasteiger charge is 2.45. The average molecular weight is 445 g/mol. The van der Waals surface area contributed by atoms with Gasteiger partial charge in [0.15, 0.2) is 5.65 Å². The quantitative estimate of drug-likeness (QED) is 0.428. The van der Waals surface area contributed by atoms with Crippen LogP contribution in [0, 0.1) is 0 Å². The highest BCUT2D eigenvalue weighted by molar-refractivity contribution is 5.91. The number of nitrogens with zero attached hydrogens (tertiary/aromatic N) is 7. The van der Waals surface area contributed by atoms with Crippen molar-refractivity contribution in [1.82, 2.24) is 39.7 Å². The number of aliphatic hydroxyl groups excluding tert-OH is 1.